The zero-order chi connectivity index (χ0) is 27.3. The van der Waals surface area contributed by atoms with Crippen molar-refractivity contribution in [2.24, 2.45) is 5.73 Å². The number of benzene rings is 2. The number of furan rings is 1. The van der Waals surface area contributed by atoms with E-state index < -0.39 is 23.8 Å². The largest absolute Gasteiger partial charge is 0.494 e. The van der Waals surface area contributed by atoms with Crippen LogP contribution in [-0.2, 0) is 17.8 Å². The number of nitrogens with one attached hydrogen (secondary N) is 2. The summed E-state index contributed by atoms with van der Waals surface area (Å²) in [6.07, 6.45) is 1.32. The average Bonchev–Trinajstić information content (AvgIpc) is 3.54. The minimum atomic E-state index is -0.845. The van der Waals surface area contributed by atoms with Crippen LogP contribution in [-0.4, -0.2) is 49.7 Å². The summed E-state index contributed by atoms with van der Waals surface area (Å²) in [4.78, 5) is 46.9. The van der Waals surface area contributed by atoms with Crippen LogP contribution in [0.2, 0.25) is 0 Å². The Balaban J connectivity index is 0.000000207. The topological polar surface area (TPSA) is 144 Å². The average molecular weight is 513 g/mol. The van der Waals surface area contributed by atoms with Gasteiger partial charge < -0.3 is 25.1 Å². The molecule has 2 aliphatic heterocycles. The van der Waals surface area contributed by atoms with Crippen LogP contribution in [0, 0.1) is 5.82 Å². The molecule has 1 unspecified atom stereocenters. The monoisotopic (exact) mass is 512 g/mol. The predicted molar refractivity (Wildman–Crippen MR) is 134 cm³/mol. The van der Waals surface area contributed by atoms with E-state index in [0.29, 0.717) is 36.4 Å². The van der Waals surface area contributed by atoms with Crippen molar-refractivity contribution in [2.45, 2.75) is 32.9 Å². The number of halogens is 1. The summed E-state index contributed by atoms with van der Waals surface area (Å²) in [5, 5.41) is 5.37. The number of hydrogen-bond acceptors (Lipinski definition) is 7. The molecule has 4 N–H and O–H groups in total. The molecule has 0 bridgehead atoms. The molecule has 1 fully saturated rings. The van der Waals surface area contributed by atoms with Gasteiger partial charge in [0.15, 0.2) is 17.6 Å². The van der Waals surface area contributed by atoms with Gasteiger partial charge in [0.1, 0.15) is 17.6 Å². The molecule has 196 valence electrons. The molecule has 1 aromatic heterocycles. The first-order chi connectivity index (χ1) is 17.8. The molecule has 10 nitrogen and oxygen atoms in total. The number of urea groups is 1. The van der Waals surface area contributed by atoms with Crippen molar-refractivity contribution in [3.63, 3.8) is 0 Å². The summed E-state index contributed by atoms with van der Waals surface area (Å²) in [5.74, 6) is -0.852. The fraction of sp³-hybridized carbons (Fsp3) is 0.308. The molecule has 2 aromatic carbocycles. The number of aldehydes is 1. The Morgan fingerprint density at radius 3 is 2.54 bits per heavy atom. The second-order valence-electron chi connectivity index (χ2n) is 8.07. The van der Waals surface area contributed by atoms with Crippen LogP contribution in [0.25, 0.3) is 11.0 Å². The van der Waals surface area contributed by atoms with E-state index in [2.05, 4.69) is 10.6 Å². The molecule has 4 amide bonds. The molecular weight excluding hydrogens is 483 g/mol. The maximum atomic E-state index is 13.6. The van der Waals surface area contributed by atoms with Gasteiger partial charge in [-0.2, -0.15) is 0 Å². The molecule has 1 saturated heterocycles. The molecule has 2 aliphatic rings. The van der Waals surface area contributed by atoms with Gasteiger partial charge in [0.2, 0.25) is 0 Å². The number of fused-ring (bicyclic) bond motifs is 2. The number of nitrogens with two attached hydrogens (primary N) is 1. The Labute approximate surface area is 212 Å². The Kier molecular flexibility index (Phi) is 8.61. The summed E-state index contributed by atoms with van der Waals surface area (Å²) in [6.45, 7) is 4.90. The lowest BCUT2D eigenvalue weighted by molar-refractivity contribution is -0.120. The number of methoxy groups -OCH3 is 1. The van der Waals surface area contributed by atoms with E-state index in [-0.39, 0.29) is 17.2 Å². The summed E-state index contributed by atoms with van der Waals surface area (Å²) < 4.78 is 24.0. The number of amides is 4. The Morgan fingerprint density at radius 1 is 1.22 bits per heavy atom. The van der Waals surface area contributed by atoms with Gasteiger partial charge in [-0.1, -0.05) is 19.9 Å². The first-order valence-corrected chi connectivity index (χ1v) is 11.7. The van der Waals surface area contributed by atoms with Gasteiger partial charge in [-0.3, -0.25) is 19.7 Å². The third kappa shape index (κ3) is 5.46. The first-order valence-electron chi connectivity index (χ1n) is 11.7. The van der Waals surface area contributed by atoms with Gasteiger partial charge in [-0.05, 0) is 48.4 Å². The quantitative estimate of drug-likeness (QED) is 0.352. The van der Waals surface area contributed by atoms with Crippen molar-refractivity contribution >= 4 is 35.1 Å². The Morgan fingerprint density at radius 2 is 1.95 bits per heavy atom. The third-order valence-electron chi connectivity index (χ3n) is 5.78. The maximum absolute atomic E-state index is 13.6. The summed E-state index contributed by atoms with van der Waals surface area (Å²) in [7, 11) is 3.03. The highest BCUT2D eigenvalue weighted by Crippen LogP contribution is 2.30. The second kappa shape index (κ2) is 11.7. The highest BCUT2D eigenvalue weighted by molar-refractivity contribution is 6.04. The lowest BCUT2D eigenvalue weighted by Gasteiger charge is -2.05. The van der Waals surface area contributed by atoms with Crippen LogP contribution in [0.5, 0.6) is 5.75 Å². The highest BCUT2D eigenvalue weighted by Gasteiger charge is 2.33. The molecule has 3 aromatic rings. The van der Waals surface area contributed by atoms with Crippen LogP contribution in [0.15, 0.2) is 34.7 Å². The van der Waals surface area contributed by atoms with Crippen molar-refractivity contribution in [3.05, 3.63) is 64.2 Å². The number of carbonyl (C=O) groups excluding carboxylic acids is 4. The van der Waals surface area contributed by atoms with E-state index in [0.717, 1.165) is 22.8 Å². The molecule has 5 rings (SSSR count). The Bertz CT molecular complexity index is 1350. The number of nitrogens with zero attached hydrogens (tertiary/aromatic N) is 1. The third-order valence-corrected chi connectivity index (χ3v) is 5.78. The van der Waals surface area contributed by atoms with Crippen LogP contribution in [0.3, 0.4) is 0 Å². The van der Waals surface area contributed by atoms with E-state index >= 15 is 0 Å². The molecule has 3 heterocycles. The van der Waals surface area contributed by atoms with E-state index in [1.807, 2.05) is 19.9 Å². The number of carbonyl (C=O) groups is 4. The number of hydrogen-bond donors (Lipinski definition) is 3. The lowest BCUT2D eigenvalue weighted by Crippen LogP contribution is -2.22. The SMILES string of the molecule is CC.COc1ccc2c(c1F)C(=O)N(C)C2.NCCc1cc2cc(C3NC(=O)NC3=O)oc2cc1C=O. The highest BCUT2D eigenvalue weighted by atomic mass is 19.1. The summed E-state index contributed by atoms with van der Waals surface area (Å²) >= 11 is 0. The molecule has 11 heteroatoms. The first kappa shape index (κ1) is 27.3. The van der Waals surface area contributed by atoms with Crippen molar-refractivity contribution in [1.82, 2.24) is 15.5 Å². The molecule has 0 aliphatic carbocycles. The van der Waals surface area contributed by atoms with Crippen LogP contribution in [0.1, 0.15) is 57.5 Å². The predicted octanol–water partition coefficient (Wildman–Crippen LogP) is 3.07. The fourth-order valence-electron chi connectivity index (χ4n) is 4.05. The standard InChI is InChI=1S/C14H13N3O4.C10H10FNO2.C2H6/c15-2-1-7-3-8-4-11(12-13(19)17-14(20)16-12)21-10(8)5-9(7)6-18;1-12-5-6-3-4-7(14-2)9(11)8(6)10(12)13;1-2/h3-6,12H,1-2,15H2,(H2,16,17,19,20);3-4H,5H2,1-2H3;1-2H3. The number of rotatable bonds is 5. The zero-order valence-corrected chi connectivity index (χ0v) is 21.0. The van der Waals surface area contributed by atoms with Crippen molar-refractivity contribution in [2.75, 3.05) is 20.7 Å². The van der Waals surface area contributed by atoms with E-state index in [1.165, 1.54) is 12.0 Å². The molecule has 0 spiro atoms. The van der Waals surface area contributed by atoms with Gasteiger partial charge in [0.05, 0.1) is 12.7 Å². The number of imide groups is 1. The van der Waals surface area contributed by atoms with E-state index in [4.69, 9.17) is 14.9 Å². The zero-order valence-electron chi connectivity index (χ0n) is 21.0. The van der Waals surface area contributed by atoms with Crippen molar-refractivity contribution < 1.29 is 32.7 Å². The normalized spacial score (nSPS) is 15.8. The lowest BCUT2D eigenvalue weighted by atomic mass is 10.0. The minimum absolute atomic E-state index is 0.118. The van der Waals surface area contributed by atoms with E-state index in [1.54, 1.807) is 31.3 Å². The molecule has 0 saturated carbocycles. The maximum Gasteiger partial charge on any atom is 0.322 e. The van der Waals surface area contributed by atoms with Crippen LogP contribution >= 0.6 is 0 Å². The van der Waals surface area contributed by atoms with Crippen LogP contribution in [0.4, 0.5) is 9.18 Å². The van der Waals surface area contributed by atoms with Gasteiger partial charge in [-0.25, -0.2) is 9.18 Å². The van der Waals surface area contributed by atoms with Gasteiger partial charge in [0, 0.05) is 24.5 Å². The second-order valence-corrected chi connectivity index (χ2v) is 8.07. The van der Waals surface area contributed by atoms with Crippen molar-refractivity contribution in [1.29, 1.82) is 0 Å². The smallest absolute Gasteiger partial charge is 0.322 e. The van der Waals surface area contributed by atoms with E-state index in [9.17, 15) is 23.6 Å². The summed E-state index contributed by atoms with van der Waals surface area (Å²) in [5.41, 5.74) is 8.21. The van der Waals surface area contributed by atoms with Gasteiger partial charge in [-0.15, -0.1) is 0 Å². The molecule has 0 radical (unpaired) electrons. The van der Waals surface area contributed by atoms with Crippen molar-refractivity contribution in [3.8, 4) is 5.75 Å². The van der Waals surface area contributed by atoms with Gasteiger partial charge >= 0.3 is 6.03 Å². The molecule has 1 atom stereocenters. The summed E-state index contributed by atoms with van der Waals surface area (Å²) in [6, 6.07) is 6.98. The van der Waals surface area contributed by atoms with Crippen LogP contribution < -0.4 is 21.1 Å². The Hall–Kier alpha value is -4.25. The fourth-order valence-corrected chi connectivity index (χ4v) is 4.05. The van der Waals surface area contributed by atoms with Gasteiger partial charge in [0.25, 0.3) is 11.8 Å². The number of ether oxygens (including phenoxy) is 1. The minimum Gasteiger partial charge on any atom is -0.494 e. The molecule has 37 heavy (non-hydrogen) atoms. The molecular formula is C26H29FN4O6.